The van der Waals surface area contributed by atoms with E-state index in [2.05, 4.69) is 55.8 Å². The highest BCUT2D eigenvalue weighted by Gasteiger charge is 2.19. The van der Waals surface area contributed by atoms with Crippen LogP contribution in [0.25, 0.3) is 10.9 Å². The predicted octanol–water partition coefficient (Wildman–Crippen LogP) is 3.09. The van der Waals surface area contributed by atoms with Crippen molar-refractivity contribution in [2.24, 2.45) is 0 Å². The molecule has 0 N–H and O–H groups in total. The maximum absolute atomic E-state index is 4.44. The topological polar surface area (TPSA) is 12.9 Å². The second-order valence-electron chi connectivity index (χ2n) is 5.08. The Morgan fingerprint density at radius 3 is 2.47 bits per heavy atom. The average molecular weight is 215 g/mol. The summed E-state index contributed by atoms with van der Waals surface area (Å²) >= 11 is 0. The largest absolute Gasteiger partial charge is 0.256 e. The van der Waals surface area contributed by atoms with Crippen LogP contribution in [0.15, 0.2) is 30.5 Å². The van der Waals surface area contributed by atoms with Gasteiger partial charge in [-0.1, -0.05) is 37.0 Å². The molecule has 0 fully saturated rings. The van der Waals surface area contributed by atoms with Crippen molar-refractivity contribution in [3.8, 4) is 0 Å². The molecule has 0 unspecified atom stereocenters. The van der Waals surface area contributed by atoms with Crippen molar-refractivity contribution in [2.45, 2.75) is 26.6 Å². The summed E-state index contributed by atoms with van der Waals surface area (Å²) in [6.45, 7) is 9.32. The average Bonchev–Trinajstić information content (AvgIpc) is 2.16. The normalized spacial score (nSPS) is 12.0. The summed E-state index contributed by atoms with van der Waals surface area (Å²) in [5, 5.41) is 2.89. The summed E-state index contributed by atoms with van der Waals surface area (Å²) < 4.78 is 0. The number of nitrogens with zero attached hydrogens (tertiary/aromatic N) is 1. The Kier molecular flexibility index (Phi) is 2.39. The zero-order valence-electron chi connectivity index (χ0n) is 9.83. The van der Waals surface area contributed by atoms with Gasteiger partial charge < -0.3 is 0 Å². The molecular weight excluding hydrogens is 198 g/mol. The monoisotopic (exact) mass is 215 g/mol. The highest BCUT2D eigenvalue weighted by molar-refractivity contribution is 6.90. The van der Waals surface area contributed by atoms with Crippen LogP contribution in [0.5, 0.6) is 0 Å². The molecule has 2 rings (SSSR count). The van der Waals surface area contributed by atoms with E-state index >= 15 is 0 Å². The molecule has 0 radical (unpaired) electrons. The lowest BCUT2D eigenvalue weighted by atomic mass is 10.1. The summed E-state index contributed by atoms with van der Waals surface area (Å²) in [4.78, 5) is 4.44. The van der Waals surface area contributed by atoms with Gasteiger partial charge in [-0.2, -0.15) is 0 Å². The third-order valence-electron chi connectivity index (χ3n) is 2.78. The number of rotatable bonds is 1. The second kappa shape index (κ2) is 3.45. The van der Waals surface area contributed by atoms with Crippen LogP contribution < -0.4 is 5.19 Å². The molecule has 0 bridgehead atoms. The lowest BCUT2D eigenvalue weighted by Crippen LogP contribution is -2.38. The highest BCUT2D eigenvalue weighted by Crippen LogP contribution is 2.17. The quantitative estimate of drug-likeness (QED) is 0.666. The SMILES string of the molecule is Cc1ccnc2cccc([Si](C)(C)C)c12. The molecule has 1 heterocycles. The summed E-state index contributed by atoms with van der Waals surface area (Å²) in [6, 6.07) is 8.60. The number of aryl methyl sites for hydroxylation is 1. The van der Waals surface area contributed by atoms with Crippen LogP contribution in [0, 0.1) is 6.92 Å². The smallest absolute Gasteiger partial charge is 0.0784 e. The van der Waals surface area contributed by atoms with E-state index in [4.69, 9.17) is 0 Å². The molecule has 0 saturated heterocycles. The number of benzene rings is 1. The zero-order valence-corrected chi connectivity index (χ0v) is 10.8. The van der Waals surface area contributed by atoms with Crippen molar-refractivity contribution < 1.29 is 0 Å². The zero-order chi connectivity index (χ0) is 11.1. The van der Waals surface area contributed by atoms with E-state index in [0.717, 1.165) is 5.52 Å². The number of aromatic nitrogens is 1. The van der Waals surface area contributed by atoms with Gasteiger partial charge in [0, 0.05) is 11.6 Å². The Labute approximate surface area is 92.2 Å². The Hall–Kier alpha value is -1.15. The van der Waals surface area contributed by atoms with E-state index < -0.39 is 8.07 Å². The molecule has 1 aromatic carbocycles. The first-order valence-electron chi connectivity index (χ1n) is 5.35. The number of fused-ring (bicyclic) bond motifs is 1. The lowest BCUT2D eigenvalue weighted by Gasteiger charge is -2.19. The van der Waals surface area contributed by atoms with Gasteiger partial charge in [-0.15, -0.1) is 0 Å². The maximum atomic E-state index is 4.44. The van der Waals surface area contributed by atoms with Gasteiger partial charge in [-0.3, -0.25) is 4.98 Å². The van der Waals surface area contributed by atoms with Gasteiger partial charge in [-0.05, 0) is 24.6 Å². The van der Waals surface area contributed by atoms with Crippen molar-refractivity contribution in [1.82, 2.24) is 4.98 Å². The third kappa shape index (κ3) is 1.82. The fraction of sp³-hybridized carbons (Fsp3) is 0.308. The van der Waals surface area contributed by atoms with E-state index in [-0.39, 0.29) is 0 Å². The molecule has 0 aliphatic rings. The van der Waals surface area contributed by atoms with Crippen LogP contribution in [0.1, 0.15) is 5.56 Å². The lowest BCUT2D eigenvalue weighted by molar-refractivity contribution is 1.37. The maximum Gasteiger partial charge on any atom is 0.0784 e. The van der Waals surface area contributed by atoms with E-state index in [1.165, 1.54) is 16.1 Å². The Balaban J connectivity index is 2.86. The molecule has 0 aliphatic heterocycles. The van der Waals surface area contributed by atoms with Gasteiger partial charge in [0.1, 0.15) is 0 Å². The van der Waals surface area contributed by atoms with Crippen LogP contribution in [-0.2, 0) is 0 Å². The fourth-order valence-electron chi connectivity index (χ4n) is 2.00. The summed E-state index contributed by atoms with van der Waals surface area (Å²) in [5.41, 5.74) is 2.48. The number of hydrogen-bond donors (Lipinski definition) is 0. The standard InChI is InChI=1S/C13H17NSi/c1-10-8-9-14-11-6-5-7-12(13(10)11)15(2,3)4/h5-9H,1-4H3. The van der Waals surface area contributed by atoms with Gasteiger partial charge in [0.2, 0.25) is 0 Å². The van der Waals surface area contributed by atoms with Gasteiger partial charge in [0.25, 0.3) is 0 Å². The Morgan fingerprint density at radius 1 is 1.07 bits per heavy atom. The molecule has 0 spiro atoms. The van der Waals surface area contributed by atoms with E-state index in [1.54, 1.807) is 0 Å². The molecule has 0 saturated carbocycles. The first-order valence-corrected chi connectivity index (χ1v) is 8.85. The molecule has 0 aliphatic carbocycles. The molecule has 0 atom stereocenters. The van der Waals surface area contributed by atoms with Crippen LogP contribution in [-0.4, -0.2) is 13.1 Å². The molecule has 2 aromatic rings. The third-order valence-corrected chi connectivity index (χ3v) is 4.82. The fourth-order valence-corrected chi connectivity index (χ4v) is 3.67. The molecule has 78 valence electrons. The van der Waals surface area contributed by atoms with Crippen molar-refractivity contribution in [2.75, 3.05) is 0 Å². The van der Waals surface area contributed by atoms with Crippen LogP contribution in [0.3, 0.4) is 0 Å². The van der Waals surface area contributed by atoms with Crippen molar-refractivity contribution >= 4 is 24.2 Å². The van der Waals surface area contributed by atoms with Crippen molar-refractivity contribution in [3.05, 3.63) is 36.0 Å². The molecule has 15 heavy (non-hydrogen) atoms. The van der Waals surface area contributed by atoms with Crippen LogP contribution in [0.2, 0.25) is 19.6 Å². The molecule has 2 heteroatoms. The summed E-state index contributed by atoms with van der Waals surface area (Å²) in [6.07, 6.45) is 1.89. The predicted molar refractivity (Wildman–Crippen MR) is 69.5 cm³/mol. The van der Waals surface area contributed by atoms with Gasteiger partial charge >= 0.3 is 0 Å². The molecular formula is C13H17NSi. The highest BCUT2D eigenvalue weighted by atomic mass is 28.3. The molecule has 0 amide bonds. The van der Waals surface area contributed by atoms with Crippen LogP contribution >= 0.6 is 0 Å². The minimum absolute atomic E-state index is 1.13. The van der Waals surface area contributed by atoms with Crippen molar-refractivity contribution in [3.63, 3.8) is 0 Å². The first kappa shape index (κ1) is 10.4. The summed E-state index contributed by atoms with van der Waals surface area (Å²) in [7, 11) is -1.27. The first-order chi connectivity index (χ1) is 7.00. The summed E-state index contributed by atoms with van der Waals surface area (Å²) in [5.74, 6) is 0. The van der Waals surface area contributed by atoms with Gasteiger partial charge in [-0.25, -0.2) is 0 Å². The Morgan fingerprint density at radius 2 is 1.80 bits per heavy atom. The second-order valence-corrected chi connectivity index (χ2v) is 10.1. The number of pyridine rings is 1. The van der Waals surface area contributed by atoms with E-state index in [1.807, 2.05) is 6.20 Å². The van der Waals surface area contributed by atoms with Crippen molar-refractivity contribution in [1.29, 1.82) is 0 Å². The minimum atomic E-state index is -1.27. The molecule has 1 aromatic heterocycles. The van der Waals surface area contributed by atoms with E-state index in [0.29, 0.717) is 0 Å². The Bertz CT molecular complexity index is 492. The number of hydrogen-bond acceptors (Lipinski definition) is 1. The van der Waals surface area contributed by atoms with Crippen LogP contribution in [0.4, 0.5) is 0 Å². The minimum Gasteiger partial charge on any atom is -0.256 e. The molecule has 1 nitrogen and oxygen atoms in total. The van der Waals surface area contributed by atoms with E-state index in [9.17, 15) is 0 Å². The van der Waals surface area contributed by atoms with Gasteiger partial charge in [0.15, 0.2) is 0 Å². The van der Waals surface area contributed by atoms with Gasteiger partial charge in [0.05, 0.1) is 13.6 Å².